The predicted octanol–water partition coefficient (Wildman–Crippen LogP) is -0.532. The van der Waals surface area contributed by atoms with Crippen molar-refractivity contribution < 1.29 is 13.2 Å². The van der Waals surface area contributed by atoms with Crippen molar-refractivity contribution in [1.82, 2.24) is 14.3 Å². The minimum absolute atomic E-state index is 0.0162. The number of H-pyrrole nitrogens is 1. The first-order valence-corrected chi connectivity index (χ1v) is 6.68. The molecule has 0 aliphatic rings. The second-order valence-electron chi connectivity index (χ2n) is 3.45. The fourth-order valence-electron chi connectivity index (χ4n) is 1.33. The molecular weight excluding hydrogens is 244 g/mol. The number of hydrogen-bond donors (Lipinski definition) is 2. The number of primary amides is 1. The van der Waals surface area contributed by atoms with Crippen LogP contribution in [-0.2, 0) is 21.2 Å². The molecule has 0 spiro atoms. The van der Waals surface area contributed by atoms with Crippen LogP contribution in [-0.4, -0.2) is 41.7 Å². The third-order valence-corrected chi connectivity index (χ3v) is 4.07. The quantitative estimate of drug-likeness (QED) is 0.716. The van der Waals surface area contributed by atoms with Crippen LogP contribution in [0.25, 0.3) is 0 Å². The van der Waals surface area contributed by atoms with Gasteiger partial charge in [0.2, 0.25) is 5.91 Å². The van der Waals surface area contributed by atoms with Crippen LogP contribution >= 0.6 is 0 Å². The SMILES string of the molecule is CCc1ncc(S(=O)(=O)N(CC)CC(N)=O)[nH]1. The van der Waals surface area contributed by atoms with Gasteiger partial charge in [-0.2, -0.15) is 4.31 Å². The first kappa shape index (κ1) is 13.7. The lowest BCUT2D eigenvalue weighted by atomic mass is 10.5. The lowest BCUT2D eigenvalue weighted by Gasteiger charge is -2.17. The number of carbonyl (C=O) groups excluding carboxylic acids is 1. The Balaban J connectivity index is 3.03. The van der Waals surface area contributed by atoms with Gasteiger partial charge >= 0.3 is 0 Å². The highest BCUT2D eigenvalue weighted by Gasteiger charge is 2.26. The van der Waals surface area contributed by atoms with Gasteiger partial charge in [-0.05, 0) is 0 Å². The average molecular weight is 260 g/mol. The maximum atomic E-state index is 12.1. The van der Waals surface area contributed by atoms with Crippen LogP contribution in [0.4, 0.5) is 0 Å². The summed E-state index contributed by atoms with van der Waals surface area (Å²) in [6.07, 6.45) is 1.86. The Labute approximate surface area is 100 Å². The van der Waals surface area contributed by atoms with Gasteiger partial charge in [0, 0.05) is 13.0 Å². The molecule has 1 amide bonds. The summed E-state index contributed by atoms with van der Waals surface area (Å²) >= 11 is 0. The van der Waals surface area contributed by atoms with Gasteiger partial charge in [-0.25, -0.2) is 13.4 Å². The molecule has 1 rings (SSSR count). The molecule has 0 aliphatic heterocycles. The van der Waals surface area contributed by atoms with E-state index < -0.39 is 15.9 Å². The molecule has 0 radical (unpaired) electrons. The van der Waals surface area contributed by atoms with Crippen LogP contribution in [0, 0.1) is 0 Å². The van der Waals surface area contributed by atoms with E-state index in [1.54, 1.807) is 6.92 Å². The largest absolute Gasteiger partial charge is 0.369 e. The van der Waals surface area contributed by atoms with Crippen molar-refractivity contribution in [2.24, 2.45) is 5.73 Å². The van der Waals surface area contributed by atoms with Gasteiger partial charge in [0.15, 0.2) is 5.03 Å². The van der Waals surface area contributed by atoms with Crippen molar-refractivity contribution in [2.45, 2.75) is 25.3 Å². The number of aromatic nitrogens is 2. The summed E-state index contributed by atoms with van der Waals surface area (Å²) in [6, 6.07) is 0. The second kappa shape index (κ2) is 5.28. The van der Waals surface area contributed by atoms with Crippen molar-refractivity contribution in [1.29, 1.82) is 0 Å². The molecule has 0 aromatic carbocycles. The molecule has 96 valence electrons. The van der Waals surface area contributed by atoms with Crippen molar-refractivity contribution in [3.05, 3.63) is 12.0 Å². The summed E-state index contributed by atoms with van der Waals surface area (Å²) in [4.78, 5) is 17.4. The molecule has 0 saturated carbocycles. The summed E-state index contributed by atoms with van der Waals surface area (Å²) in [7, 11) is -3.72. The van der Waals surface area contributed by atoms with Crippen molar-refractivity contribution in [2.75, 3.05) is 13.1 Å². The molecule has 3 N–H and O–H groups in total. The van der Waals surface area contributed by atoms with Gasteiger partial charge < -0.3 is 10.7 Å². The maximum Gasteiger partial charge on any atom is 0.260 e. The van der Waals surface area contributed by atoms with Crippen molar-refractivity contribution >= 4 is 15.9 Å². The minimum Gasteiger partial charge on any atom is -0.369 e. The van der Waals surface area contributed by atoms with Crippen LogP contribution in [0.5, 0.6) is 0 Å². The Morgan fingerprint density at radius 2 is 2.18 bits per heavy atom. The molecule has 1 aromatic heterocycles. The molecule has 17 heavy (non-hydrogen) atoms. The predicted molar refractivity (Wildman–Crippen MR) is 61.6 cm³/mol. The Hall–Kier alpha value is -1.41. The lowest BCUT2D eigenvalue weighted by molar-refractivity contribution is -0.118. The number of nitrogens with one attached hydrogen (secondary N) is 1. The van der Waals surface area contributed by atoms with Gasteiger partial charge in [0.1, 0.15) is 5.82 Å². The zero-order valence-electron chi connectivity index (χ0n) is 9.80. The van der Waals surface area contributed by atoms with E-state index in [0.717, 1.165) is 4.31 Å². The van der Waals surface area contributed by atoms with E-state index in [4.69, 9.17) is 5.73 Å². The fourth-order valence-corrected chi connectivity index (χ4v) is 2.68. The van der Waals surface area contributed by atoms with Gasteiger partial charge in [-0.3, -0.25) is 4.79 Å². The summed E-state index contributed by atoms with van der Waals surface area (Å²) in [5.74, 6) is -0.107. The molecule has 0 unspecified atom stereocenters. The standard InChI is InChI=1S/C9H16N4O3S/c1-3-8-11-5-9(12-8)17(15,16)13(4-2)6-7(10)14/h5H,3-4,6H2,1-2H3,(H2,10,14)(H,11,12). The number of aromatic amines is 1. The third-order valence-electron chi connectivity index (χ3n) is 2.24. The van der Waals surface area contributed by atoms with E-state index in [1.807, 2.05) is 6.92 Å². The first-order chi connectivity index (χ1) is 7.91. The Kier molecular flexibility index (Phi) is 4.24. The molecule has 0 aliphatic carbocycles. The number of sulfonamides is 1. The van der Waals surface area contributed by atoms with Crippen LogP contribution in [0.2, 0.25) is 0 Å². The van der Waals surface area contributed by atoms with Gasteiger partial charge in [-0.15, -0.1) is 0 Å². The topological polar surface area (TPSA) is 109 Å². The molecule has 0 atom stereocenters. The van der Waals surface area contributed by atoms with Gasteiger partial charge in [0.05, 0.1) is 12.7 Å². The zero-order valence-corrected chi connectivity index (χ0v) is 10.6. The highest BCUT2D eigenvalue weighted by Crippen LogP contribution is 2.12. The highest BCUT2D eigenvalue weighted by molar-refractivity contribution is 7.89. The minimum atomic E-state index is -3.72. The molecule has 0 fully saturated rings. The second-order valence-corrected chi connectivity index (χ2v) is 5.35. The molecule has 1 aromatic rings. The summed E-state index contributed by atoms with van der Waals surface area (Å²) in [5.41, 5.74) is 5.00. The van der Waals surface area contributed by atoms with Crippen molar-refractivity contribution in [3.8, 4) is 0 Å². The lowest BCUT2D eigenvalue weighted by Crippen LogP contribution is -2.38. The van der Waals surface area contributed by atoms with Crippen molar-refractivity contribution in [3.63, 3.8) is 0 Å². The number of carbonyl (C=O) groups is 1. The highest BCUT2D eigenvalue weighted by atomic mass is 32.2. The molecule has 0 saturated heterocycles. The smallest absolute Gasteiger partial charge is 0.260 e. The number of nitrogens with zero attached hydrogens (tertiary/aromatic N) is 2. The molecule has 8 heteroatoms. The van der Waals surface area contributed by atoms with Crippen LogP contribution in [0.1, 0.15) is 19.7 Å². The van der Waals surface area contributed by atoms with E-state index in [2.05, 4.69) is 9.97 Å². The summed E-state index contributed by atoms with van der Waals surface area (Å²) < 4.78 is 25.2. The number of hydrogen-bond acceptors (Lipinski definition) is 4. The maximum absolute atomic E-state index is 12.1. The van der Waals surface area contributed by atoms with Crippen LogP contribution in [0.15, 0.2) is 11.2 Å². The Morgan fingerprint density at radius 3 is 2.59 bits per heavy atom. The molecular formula is C9H16N4O3S. The fraction of sp³-hybridized carbons (Fsp3) is 0.556. The van der Waals surface area contributed by atoms with E-state index >= 15 is 0 Å². The summed E-state index contributed by atoms with van der Waals surface area (Å²) in [5, 5.41) is -0.0162. The van der Waals surface area contributed by atoms with E-state index in [0.29, 0.717) is 12.2 Å². The number of aryl methyl sites for hydroxylation is 1. The number of rotatable bonds is 6. The van der Waals surface area contributed by atoms with E-state index in [-0.39, 0.29) is 18.1 Å². The van der Waals surface area contributed by atoms with E-state index in [1.165, 1.54) is 6.20 Å². The number of imidazole rings is 1. The normalized spacial score (nSPS) is 11.9. The van der Waals surface area contributed by atoms with Crippen LogP contribution < -0.4 is 5.73 Å². The van der Waals surface area contributed by atoms with E-state index in [9.17, 15) is 13.2 Å². The number of nitrogens with two attached hydrogens (primary N) is 1. The molecule has 0 bridgehead atoms. The summed E-state index contributed by atoms with van der Waals surface area (Å²) in [6.45, 7) is 3.33. The van der Waals surface area contributed by atoms with Gasteiger partial charge in [0.25, 0.3) is 10.0 Å². The van der Waals surface area contributed by atoms with Gasteiger partial charge in [-0.1, -0.05) is 13.8 Å². The Morgan fingerprint density at radius 1 is 1.53 bits per heavy atom. The molecule has 1 heterocycles. The third kappa shape index (κ3) is 3.04. The van der Waals surface area contributed by atoms with Crippen LogP contribution in [0.3, 0.4) is 0 Å². The number of likely N-dealkylation sites (N-methyl/N-ethyl adjacent to an activating group) is 1. The first-order valence-electron chi connectivity index (χ1n) is 5.24. The average Bonchev–Trinajstić information content (AvgIpc) is 2.74. The monoisotopic (exact) mass is 260 g/mol. The zero-order chi connectivity index (χ0) is 13.1. The molecule has 7 nitrogen and oxygen atoms in total. The Bertz CT molecular complexity index is 494. The number of amides is 1.